The van der Waals surface area contributed by atoms with Crippen LogP contribution in [0.15, 0.2) is 29.8 Å². The van der Waals surface area contributed by atoms with Gasteiger partial charge in [-0.15, -0.1) is 0 Å². The number of halogens is 1. The summed E-state index contributed by atoms with van der Waals surface area (Å²) < 4.78 is 0. The molecule has 0 atom stereocenters. The van der Waals surface area contributed by atoms with Gasteiger partial charge in [0.2, 0.25) is 0 Å². The van der Waals surface area contributed by atoms with E-state index in [1.807, 2.05) is 12.1 Å². The minimum Gasteiger partial charge on any atom is -0.313 e. The molecule has 0 spiro atoms. The zero-order valence-electron chi connectivity index (χ0n) is 12.9. The van der Waals surface area contributed by atoms with Crippen molar-refractivity contribution in [3.05, 3.63) is 40.4 Å². The third kappa shape index (κ3) is 4.10. The van der Waals surface area contributed by atoms with Gasteiger partial charge < -0.3 is 5.32 Å². The molecule has 1 aliphatic carbocycles. The van der Waals surface area contributed by atoms with Gasteiger partial charge >= 0.3 is 0 Å². The van der Waals surface area contributed by atoms with Gasteiger partial charge in [0.15, 0.2) is 0 Å². The summed E-state index contributed by atoms with van der Waals surface area (Å²) in [6.45, 7) is 9.09. The van der Waals surface area contributed by atoms with Gasteiger partial charge in [0.05, 0.1) is 0 Å². The van der Waals surface area contributed by atoms with E-state index in [1.54, 1.807) is 5.57 Å². The number of hydrogen-bond acceptors (Lipinski definition) is 1. The third-order valence-electron chi connectivity index (χ3n) is 4.13. The normalized spacial score (nSPS) is 18.4. The zero-order valence-corrected chi connectivity index (χ0v) is 13.7. The SMILES string of the molecule is CCCNCC1=C(c2ccc(Cl)cc2)CCC(C)(C)C1. The fourth-order valence-electron chi connectivity index (χ4n) is 3.00. The molecule has 2 rings (SSSR count). The van der Waals surface area contributed by atoms with Crippen LogP contribution < -0.4 is 5.32 Å². The smallest absolute Gasteiger partial charge is 0.0406 e. The first kappa shape index (κ1) is 15.6. The lowest BCUT2D eigenvalue weighted by Crippen LogP contribution is -2.25. The summed E-state index contributed by atoms with van der Waals surface area (Å²) >= 11 is 6.01. The lowest BCUT2D eigenvalue weighted by Gasteiger charge is -2.34. The van der Waals surface area contributed by atoms with Gasteiger partial charge in [-0.3, -0.25) is 0 Å². The molecule has 0 radical (unpaired) electrons. The van der Waals surface area contributed by atoms with Crippen molar-refractivity contribution in [3.63, 3.8) is 0 Å². The Morgan fingerprint density at radius 2 is 1.90 bits per heavy atom. The average molecular weight is 292 g/mol. The van der Waals surface area contributed by atoms with Crippen molar-refractivity contribution in [1.29, 1.82) is 0 Å². The Bertz CT molecular complexity index is 471. The third-order valence-corrected chi connectivity index (χ3v) is 4.38. The van der Waals surface area contributed by atoms with Crippen LogP contribution in [0.1, 0.15) is 52.0 Å². The Morgan fingerprint density at radius 1 is 1.20 bits per heavy atom. The van der Waals surface area contributed by atoms with Crippen LogP contribution in [-0.2, 0) is 0 Å². The van der Waals surface area contributed by atoms with Gasteiger partial charge in [-0.05, 0) is 60.9 Å². The Labute approximate surface area is 128 Å². The number of rotatable bonds is 5. The Morgan fingerprint density at radius 3 is 2.55 bits per heavy atom. The van der Waals surface area contributed by atoms with Crippen molar-refractivity contribution in [3.8, 4) is 0 Å². The molecule has 2 heteroatoms. The molecule has 1 N–H and O–H groups in total. The quantitative estimate of drug-likeness (QED) is 0.726. The minimum atomic E-state index is 0.430. The maximum Gasteiger partial charge on any atom is 0.0406 e. The van der Waals surface area contributed by atoms with E-state index in [2.05, 4.69) is 38.2 Å². The second-order valence-electron chi connectivity index (χ2n) is 6.61. The van der Waals surface area contributed by atoms with Gasteiger partial charge in [-0.25, -0.2) is 0 Å². The van der Waals surface area contributed by atoms with Crippen LogP contribution >= 0.6 is 11.6 Å². The van der Waals surface area contributed by atoms with Crippen molar-refractivity contribution < 1.29 is 0 Å². The van der Waals surface area contributed by atoms with E-state index in [0.717, 1.165) is 18.1 Å². The van der Waals surface area contributed by atoms with E-state index < -0.39 is 0 Å². The van der Waals surface area contributed by atoms with E-state index in [1.165, 1.54) is 36.8 Å². The summed E-state index contributed by atoms with van der Waals surface area (Å²) in [5.74, 6) is 0. The molecule has 0 saturated heterocycles. The number of benzene rings is 1. The van der Waals surface area contributed by atoms with Gasteiger partial charge in [0.1, 0.15) is 0 Å². The Kier molecular flexibility index (Phi) is 5.29. The van der Waals surface area contributed by atoms with Crippen LogP contribution in [0.25, 0.3) is 5.57 Å². The summed E-state index contributed by atoms with van der Waals surface area (Å²) in [5.41, 5.74) is 4.89. The molecule has 0 heterocycles. The van der Waals surface area contributed by atoms with Crippen molar-refractivity contribution in [2.45, 2.75) is 46.5 Å². The molecule has 0 aromatic heterocycles. The number of nitrogens with one attached hydrogen (secondary N) is 1. The summed E-state index contributed by atoms with van der Waals surface area (Å²) in [4.78, 5) is 0. The molecule has 1 aromatic carbocycles. The molecule has 110 valence electrons. The summed E-state index contributed by atoms with van der Waals surface area (Å²) in [6.07, 6.45) is 4.83. The molecule has 1 aromatic rings. The lowest BCUT2D eigenvalue weighted by atomic mass is 9.73. The zero-order chi connectivity index (χ0) is 14.6. The van der Waals surface area contributed by atoms with E-state index in [9.17, 15) is 0 Å². The lowest BCUT2D eigenvalue weighted by molar-refractivity contribution is 0.321. The van der Waals surface area contributed by atoms with Crippen molar-refractivity contribution >= 4 is 17.2 Å². The van der Waals surface area contributed by atoms with Gasteiger partial charge in [-0.1, -0.05) is 50.1 Å². The average Bonchev–Trinajstić information content (AvgIpc) is 2.40. The topological polar surface area (TPSA) is 12.0 Å². The summed E-state index contributed by atoms with van der Waals surface area (Å²) in [6, 6.07) is 8.33. The van der Waals surface area contributed by atoms with Gasteiger partial charge in [0, 0.05) is 11.6 Å². The summed E-state index contributed by atoms with van der Waals surface area (Å²) in [7, 11) is 0. The maximum absolute atomic E-state index is 6.01. The highest BCUT2D eigenvalue weighted by Gasteiger charge is 2.27. The molecule has 0 saturated carbocycles. The molecule has 0 fully saturated rings. The second-order valence-corrected chi connectivity index (χ2v) is 7.04. The van der Waals surface area contributed by atoms with Crippen LogP contribution in [0.4, 0.5) is 0 Å². The van der Waals surface area contributed by atoms with E-state index >= 15 is 0 Å². The van der Waals surface area contributed by atoms with Crippen molar-refractivity contribution in [2.75, 3.05) is 13.1 Å². The van der Waals surface area contributed by atoms with Gasteiger partial charge in [-0.2, -0.15) is 0 Å². The highest BCUT2D eigenvalue weighted by molar-refractivity contribution is 6.30. The predicted molar refractivity (Wildman–Crippen MR) is 89.2 cm³/mol. The standard InChI is InChI=1S/C18H26ClN/c1-4-11-20-13-15-12-18(2,3)10-9-17(15)14-5-7-16(19)8-6-14/h5-8,20H,4,9-13H2,1-3H3. The fraction of sp³-hybridized carbons (Fsp3) is 0.556. The highest BCUT2D eigenvalue weighted by Crippen LogP contribution is 2.42. The fourth-order valence-corrected chi connectivity index (χ4v) is 3.12. The minimum absolute atomic E-state index is 0.430. The molecule has 1 aliphatic rings. The molecular weight excluding hydrogens is 266 g/mol. The van der Waals surface area contributed by atoms with E-state index in [-0.39, 0.29) is 0 Å². The van der Waals surface area contributed by atoms with Crippen LogP contribution in [0, 0.1) is 5.41 Å². The molecule has 1 nitrogen and oxygen atoms in total. The Hall–Kier alpha value is -0.790. The van der Waals surface area contributed by atoms with Crippen molar-refractivity contribution in [1.82, 2.24) is 5.32 Å². The van der Waals surface area contributed by atoms with Crippen LogP contribution in [0.3, 0.4) is 0 Å². The molecule has 0 bridgehead atoms. The van der Waals surface area contributed by atoms with Crippen LogP contribution in [-0.4, -0.2) is 13.1 Å². The number of hydrogen-bond donors (Lipinski definition) is 1. The van der Waals surface area contributed by atoms with Crippen molar-refractivity contribution in [2.24, 2.45) is 5.41 Å². The van der Waals surface area contributed by atoms with Gasteiger partial charge in [0.25, 0.3) is 0 Å². The van der Waals surface area contributed by atoms with Crippen LogP contribution in [0.2, 0.25) is 5.02 Å². The highest BCUT2D eigenvalue weighted by atomic mass is 35.5. The largest absolute Gasteiger partial charge is 0.313 e. The Balaban J connectivity index is 2.25. The second kappa shape index (κ2) is 6.78. The van der Waals surface area contributed by atoms with Crippen LogP contribution in [0.5, 0.6) is 0 Å². The monoisotopic (exact) mass is 291 g/mol. The molecular formula is C18H26ClN. The number of allylic oxidation sites excluding steroid dienone is 1. The first-order valence-corrected chi connectivity index (χ1v) is 8.07. The summed E-state index contributed by atoms with van der Waals surface area (Å²) in [5, 5.41) is 4.39. The predicted octanol–water partition coefficient (Wildman–Crippen LogP) is 5.30. The molecule has 20 heavy (non-hydrogen) atoms. The molecule has 0 unspecified atom stereocenters. The van der Waals surface area contributed by atoms with E-state index in [0.29, 0.717) is 5.41 Å². The first-order chi connectivity index (χ1) is 9.52. The van der Waals surface area contributed by atoms with E-state index in [4.69, 9.17) is 11.6 Å². The molecule has 0 amide bonds. The molecule has 0 aliphatic heterocycles. The first-order valence-electron chi connectivity index (χ1n) is 7.69. The maximum atomic E-state index is 6.01.